The number of aliphatic hydroxyl groups is 1. The average molecular weight is 480 g/mol. The van der Waals surface area contributed by atoms with Gasteiger partial charge in [0.05, 0.1) is 5.39 Å². The minimum absolute atomic E-state index is 0. The van der Waals surface area contributed by atoms with E-state index in [0.29, 0.717) is 29.0 Å². The van der Waals surface area contributed by atoms with Gasteiger partial charge in [-0.2, -0.15) is 0 Å². The number of aryl methyl sites for hydroxylation is 1. The Morgan fingerprint density at radius 2 is 1.65 bits per heavy atom. The van der Waals surface area contributed by atoms with Gasteiger partial charge in [-0.1, -0.05) is 66.7 Å². The molecule has 178 valence electrons. The Balaban J connectivity index is 0.00000324. The van der Waals surface area contributed by atoms with E-state index in [1.165, 1.54) is 11.6 Å². The first-order valence-corrected chi connectivity index (χ1v) is 11.4. The molecule has 0 saturated heterocycles. The van der Waals surface area contributed by atoms with Gasteiger partial charge in [-0.15, -0.1) is 12.4 Å². The van der Waals surface area contributed by atoms with E-state index in [2.05, 4.69) is 29.6 Å². The molecule has 0 bridgehead atoms. The molecule has 0 saturated carbocycles. The van der Waals surface area contributed by atoms with Crippen LogP contribution in [0.4, 0.5) is 0 Å². The molecule has 2 N–H and O–H groups in total. The number of benzene rings is 3. The number of rotatable bonds is 11. The van der Waals surface area contributed by atoms with Gasteiger partial charge in [-0.25, -0.2) is 0 Å². The highest BCUT2D eigenvalue weighted by Crippen LogP contribution is 2.28. The summed E-state index contributed by atoms with van der Waals surface area (Å²) in [6, 6.07) is 26.7. The van der Waals surface area contributed by atoms with Crippen LogP contribution < -0.4 is 15.5 Å². The van der Waals surface area contributed by atoms with E-state index in [4.69, 9.17) is 9.15 Å². The minimum Gasteiger partial charge on any atom is -0.487 e. The molecule has 5 nitrogen and oxygen atoms in total. The topological polar surface area (TPSA) is 71.7 Å². The van der Waals surface area contributed by atoms with Crippen molar-refractivity contribution < 1.29 is 14.3 Å². The van der Waals surface area contributed by atoms with Crippen molar-refractivity contribution in [2.75, 3.05) is 19.7 Å². The second-order valence-electron chi connectivity index (χ2n) is 8.09. The van der Waals surface area contributed by atoms with E-state index in [1.807, 2.05) is 36.4 Å². The van der Waals surface area contributed by atoms with Crippen LogP contribution in [-0.2, 0) is 6.42 Å². The lowest BCUT2D eigenvalue weighted by Gasteiger charge is -2.14. The highest BCUT2D eigenvalue weighted by Gasteiger charge is 2.13. The summed E-state index contributed by atoms with van der Waals surface area (Å²) < 4.78 is 11.9. The largest absolute Gasteiger partial charge is 0.487 e. The second kappa shape index (κ2) is 12.9. The molecule has 1 unspecified atom stereocenters. The highest BCUT2D eigenvalue weighted by atomic mass is 35.5. The first-order valence-electron chi connectivity index (χ1n) is 11.4. The summed E-state index contributed by atoms with van der Waals surface area (Å²) in [5.41, 5.74) is 2.44. The standard InChI is InChI=1S/C28H29NO4.ClH/c30-23(19-29-17-8-7-12-21-10-3-1-4-11-21)20-32-26-16-9-15-24-25(31)18-27(33-28(24)26)22-13-5-2-6-14-22;/h1-6,9-11,13-16,18,23,29-30H,7-8,12,17,19-20H2;1H. The fourth-order valence-corrected chi connectivity index (χ4v) is 3.75. The van der Waals surface area contributed by atoms with Crippen LogP contribution >= 0.6 is 12.4 Å². The monoisotopic (exact) mass is 479 g/mol. The third kappa shape index (κ3) is 6.94. The lowest BCUT2D eigenvalue weighted by Crippen LogP contribution is -2.32. The summed E-state index contributed by atoms with van der Waals surface area (Å²) in [5.74, 6) is 0.936. The van der Waals surface area contributed by atoms with Crippen molar-refractivity contribution in [2.24, 2.45) is 0 Å². The molecule has 34 heavy (non-hydrogen) atoms. The summed E-state index contributed by atoms with van der Waals surface area (Å²) in [4.78, 5) is 12.6. The molecule has 0 aliphatic heterocycles. The molecule has 1 heterocycles. The summed E-state index contributed by atoms with van der Waals surface area (Å²) in [7, 11) is 0. The molecule has 0 spiro atoms. The fraction of sp³-hybridized carbons (Fsp3) is 0.250. The summed E-state index contributed by atoms with van der Waals surface area (Å²) >= 11 is 0. The molecular formula is C28H30ClNO4. The van der Waals surface area contributed by atoms with Crippen molar-refractivity contribution in [3.05, 3.63) is 101 Å². The number of nitrogens with one attached hydrogen (secondary N) is 1. The Morgan fingerprint density at radius 3 is 2.41 bits per heavy atom. The number of hydrogen-bond acceptors (Lipinski definition) is 5. The van der Waals surface area contributed by atoms with Crippen molar-refractivity contribution in [1.82, 2.24) is 5.32 Å². The van der Waals surface area contributed by atoms with Crippen LogP contribution in [0.3, 0.4) is 0 Å². The molecule has 6 heteroatoms. The van der Waals surface area contributed by atoms with E-state index in [-0.39, 0.29) is 24.4 Å². The van der Waals surface area contributed by atoms with Crippen LogP contribution in [0.2, 0.25) is 0 Å². The van der Waals surface area contributed by atoms with Crippen LogP contribution in [0.25, 0.3) is 22.3 Å². The number of para-hydroxylation sites is 1. The number of fused-ring (bicyclic) bond motifs is 1. The predicted octanol–water partition coefficient (Wildman–Crippen LogP) is 5.23. The zero-order valence-corrected chi connectivity index (χ0v) is 19.8. The Labute approximate surface area is 205 Å². The van der Waals surface area contributed by atoms with Crippen molar-refractivity contribution in [2.45, 2.75) is 25.4 Å². The minimum atomic E-state index is -0.668. The Hall–Kier alpha value is -3.12. The van der Waals surface area contributed by atoms with Gasteiger partial charge in [0.25, 0.3) is 0 Å². The van der Waals surface area contributed by atoms with Crippen molar-refractivity contribution in [1.29, 1.82) is 0 Å². The molecule has 0 aliphatic carbocycles. The smallest absolute Gasteiger partial charge is 0.193 e. The van der Waals surface area contributed by atoms with Gasteiger partial charge in [0, 0.05) is 18.2 Å². The summed E-state index contributed by atoms with van der Waals surface area (Å²) in [6.07, 6.45) is 2.53. The zero-order chi connectivity index (χ0) is 22.9. The molecule has 1 aromatic heterocycles. The summed E-state index contributed by atoms with van der Waals surface area (Å²) in [5, 5.41) is 14.1. The van der Waals surface area contributed by atoms with Gasteiger partial charge in [0.1, 0.15) is 18.5 Å². The molecule has 0 amide bonds. The molecule has 0 fully saturated rings. The van der Waals surface area contributed by atoms with Gasteiger partial charge < -0.3 is 19.6 Å². The molecule has 4 aromatic rings. The molecule has 4 rings (SSSR count). The maximum absolute atomic E-state index is 12.6. The molecule has 0 aliphatic rings. The highest BCUT2D eigenvalue weighted by molar-refractivity contribution is 5.85. The molecule has 0 radical (unpaired) electrons. The van der Waals surface area contributed by atoms with Crippen molar-refractivity contribution in [3.8, 4) is 17.1 Å². The Morgan fingerprint density at radius 1 is 0.912 bits per heavy atom. The summed E-state index contributed by atoms with van der Waals surface area (Å²) in [6.45, 7) is 1.39. The zero-order valence-electron chi connectivity index (χ0n) is 19.0. The lowest BCUT2D eigenvalue weighted by molar-refractivity contribution is 0.106. The average Bonchev–Trinajstić information content (AvgIpc) is 2.86. The Bertz CT molecular complexity index is 1210. The van der Waals surface area contributed by atoms with Crippen LogP contribution in [-0.4, -0.2) is 30.9 Å². The van der Waals surface area contributed by atoms with Crippen molar-refractivity contribution in [3.63, 3.8) is 0 Å². The number of hydrogen-bond donors (Lipinski definition) is 2. The maximum atomic E-state index is 12.6. The second-order valence-corrected chi connectivity index (χ2v) is 8.09. The van der Waals surface area contributed by atoms with Gasteiger partial charge in [-0.3, -0.25) is 4.79 Å². The van der Waals surface area contributed by atoms with Crippen molar-refractivity contribution >= 4 is 23.4 Å². The number of ether oxygens (including phenoxy) is 1. The van der Waals surface area contributed by atoms with E-state index in [1.54, 1.807) is 18.2 Å². The van der Waals surface area contributed by atoms with E-state index in [9.17, 15) is 9.90 Å². The SMILES string of the molecule is Cl.O=c1cc(-c2ccccc2)oc2c(OCC(O)CNCCCCc3ccccc3)cccc12. The van der Waals surface area contributed by atoms with Crippen LogP contribution in [0.15, 0.2) is 94.1 Å². The number of halogens is 1. The van der Waals surface area contributed by atoms with Gasteiger partial charge in [0.2, 0.25) is 0 Å². The molecular weight excluding hydrogens is 450 g/mol. The maximum Gasteiger partial charge on any atom is 0.193 e. The van der Waals surface area contributed by atoms with Crippen LogP contribution in [0.5, 0.6) is 5.75 Å². The molecule has 1 atom stereocenters. The third-order valence-corrected chi connectivity index (χ3v) is 5.50. The quantitative estimate of drug-likeness (QED) is 0.288. The lowest BCUT2D eigenvalue weighted by atomic mass is 10.1. The van der Waals surface area contributed by atoms with E-state index in [0.717, 1.165) is 31.4 Å². The first-order chi connectivity index (χ1) is 16.2. The number of unbranched alkanes of at least 4 members (excludes halogenated alkanes) is 1. The predicted molar refractivity (Wildman–Crippen MR) is 139 cm³/mol. The van der Waals surface area contributed by atoms with Crippen LogP contribution in [0, 0.1) is 0 Å². The normalized spacial score (nSPS) is 11.7. The Kier molecular flexibility index (Phi) is 9.71. The van der Waals surface area contributed by atoms with Gasteiger partial charge >= 0.3 is 0 Å². The number of aliphatic hydroxyl groups excluding tert-OH is 1. The van der Waals surface area contributed by atoms with Crippen LogP contribution in [0.1, 0.15) is 18.4 Å². The van der Waals surface area contributed by atoms with E-state index >= 15 is 0 Å². The fourth-order valence-electron chi connectivity index (χ4n) is 3.75. The third-order valence-electron chi connectivity index (χ3n) is 5.50. The van der Waals surface area contributed by atoms with Gasteiger partial charge in [0.15, 0.2) is 16.8 Å². The molecule has 3 aromatic carbocycles. The van der Waals surface area contributed by atoms with E-state index < -0.39 is 6.10 Å². The van der Waals surface area contributed by atoms with Gasteiger partial charge in [-0.05, 0) is 43.5 Å². The first kappa shape index (κ1) is 25.5.